The molecule has 1 fully saturated rings. The molecule has 4 rings (SSSR count). The Morgan fingerprint density at radius 3 is 2.36 bits per heavy atom. The van der Waals surface area contributed by atoms with E-state index in [4.69, 9.17) is 9.47 Å². The summed E-state index contributed by atoms with van der Waals surface area (Å²) in [5.41, 5.74) is 1.98. The van der Waals surface area contributed by atoms with Crippen molar-refractivity contribution in [3.8, 4) is 0 Å². The van der Waals surface area contributed by atoms with Gasteiger partial charge in [-0.3, -0.25) is 9.59 Å². The van der Waals surface area contributed by atoms with Crippen LogP contribution in [0.2, 0.25) is 0 Å². The number of carbonyl (C=O) groups is 4. The molecule has 1 saturated heterocycles. The number of hydrogen-bond acceptors (Lipinski definition) is 6. The van der Waals surface area contributed by atoms with Crippen LogP contribution < -0.4 is 10.6 Å². The largest absolute Gasteiger partial charge is 0.463 e. The van der Waals surface area contributed by atoms with Crippen LogP contribution in [-0.2, 0) is 23.9 Å². The minimum Gasteiger partial charge on any atom is -0.463 e. The Morgan fingerprint density at radius 2 is 1.69 bits per heavy atom. The number of benzene rings is 2. The molecule has 3 amide bonds. The van der Waals surface area contributed by atoms with E-state index in [-0.39, 0.29) is 49.4 Å². The van der Waals surface area contributed by atoms with Crippen molar-refractivity contribution in [2.24, 2.45) is 5.92 Å². The quantitative estimate of drug-likeness (QED) is 0.549. The van der Waals surface area contributed by atoms with E-state index in [1.54, 1.807) is 36.1 Å². The van der Waals surface area contributed by atoms with E-state index in [1.165, 1.54) is 0 Å². The average molecular weight is 492 g/mol. The van der Waals surface area contributed by atoms with Crippen molar-refractivity contribution in [1.82, 2.24) is 15.5 Å². The highest BCUT2D eigenvalue weighted by Gasteiger charge is 2.39. The zero-order valence-corrected chi connectivity index (χ0v) is 20.2. The van der Waals surface area contributed by atoms with Crippen LogP contribution in [-0.4, -0.2) is 48.5 Å². The van der Waals surface area contributed by atoms with Crippen LogP contribution in [0.1, 0.15) is 43.5 Å². The minimum absolute atomic E-state index is 0.0420. The molecule has 3 atom stereocenters. The number of hydrogen-bond donors (Lipinski definition) is 2. The van der Waals surface area contributed by atoms with Gasteiger partial charge in [-0.2, -0.15) is 0 Å². The molecule has 0 bridgehead atoms. The number of nitrogens with one attached hydrogen (secondary N) is 2. The van der Waals surface area contributed by atoms with Crippen LogP contribution in [0.25, 0.3) is 0 Å². The lowest BCUT2D eigenvalue weighted by Gasteiger charge is -2.29. The fourth-order valence-corrected chi connectivity index (χ4v) is 4.51. The predicted octanol–water partition coefficient (Wildman–Crippen LogP) is 3.01. The lowest BCUT2D eigenvalue weighted by molar-refractivity contribution is -0.148. The number of amides is 3. The fourth-order valence-electron chi connectivity index (χ4n) is 4.51. The first kappa shape index (κ1) is 25.0. The molecule has 2 aliphatic heterocycles. The van der Waals surface area contributed by atoms with Gasteiger partial charge in [-0.05, 0) is 25.0 Å². The van der Waals surface area contributed by atoms with Gasteiger partial charge in [-0.15, -0.1) is 0 Å². The SMILES string of the molecule is CCOC(=O)C1=C(COC(=O)C2CC(=O)N(C(C)c3ccccc3)C2)NC(=O)NC1c1ccccc1. The Labute approximate surface area is 209 Å². The second-order valence-electron chi connectivity index (χ2n) is 8.70. The molecule has 2 aliphatic rings. The second-order valence-corrected chi connectivity index (χ2v) is 8.70. The van der Waals surface area contributed by atoms with Crippen molar-refractivity contribution in [3.63, 3.8) is 0 Å². The van der Waals surface area contributed by atoms with Crippen molar-refractivity contribution < 1.29 is 28.7 Å². The zero-order chi connectivity index (χ0) is 25.7. The predicted molar refractivity (Wildman–Crippen MR) is 130 cm³/mol. The van der Waals surface area contributed by atoms with Gasteiger partial charge in [-0.1, -0.05) is 60.7 Å². The molecular weight excluding hydrogens is 462 g/mol. The maximum Gasteiger partial charge on any atom is 0.338 e. The molecule has 0 spiro atoms. The van der Waals surface area contributed by atoms with Crippen LogP contribution in [0, 0.1) is 5.92 Å². The summed E-state index contributed by atoms with van der Waals surface area (Å²) in [5.74, 6) is -1.95. The van der Waals surface area contributed by atoms with Gasteiger partial charge in [0.2, 0.25) is 5.91 Å². The first-order valence-corrected chi connectivity index (χ1v) is 11.9. The molecule has 188 valence electrons. The number of rotatable bonds is 8. The van der Waals surface area contributed by atoms with Crippen molar-refractivity contribution >= 4 is 23.9 Å². The summed E-state index contributed by atoms with van der Waals surface area (Å²) >= 11 is 0. The van der Waals surface area contributed by atoms with Gasteiger partial charge < -0.3 is 25.0 Å². The topological polar surface area (TPSA) is 114 Å². The summed E-state index contributed by atoms with van der Waals surface area (Å²) in [7, 11) is 0. The highest BCUT2D eigenvalue weighted by atomic mass is 16.5. The van der Waals surface area contributed by atoms with Gasteiger partial charge in [0.15, 0.2) is 0 Å². The van der Waals surface area contributed by atoms with Crippen molar-refractivity contribution in [2.45, 2.75) is 32.4 Å². The number of likely N-dealkylation sites (tertiary alicyclic amines) is 1. The standard InChI is InChI=1S/C27H29N3O6/c1-3-35-26(33)23-21(28-27(34)29-24(23)19-12-8-5-9-13-19)16-36-25(32)20-14-22(31)30(15-20)17(2)18-10-6-4-7-11-18/h4-13,17,20,24H,3,14-16H2,1-2H3,(H2,28,29,34). The zero-order valence-electron chi connectivity index (χ0n) is 20.2. The van der Waals surface area contributed by atoms with Gasteiger partial charge in [0.25, 0.3) is 0 Å². The van der Waals surface area contributed by atoms with E-state index < -0.39 is 29.9 Å². The first-order chi connectivity index (χ1) is 17.4. The Balaban J connectivity index is 1.49. The summed E-state index contributed by atoms with van der Waals surface area (Å²) in [4.78, 5) is 52.4. The van der Waals surface area contributed by atoms with Gasteiger partial charge in [0.1, 0.15) is 6.61 Å². The molecule has 9 heteroatoms. The van der Waals surface area contributed by atoms with Gasteiger partial charge in [0, 0.05) is 13.0 Å². The number of nitrogens with zero attached hydrogens (tertiary/aromatic N) is 1. The second kappa shape index (κ2) is 11.1. The normalized spacial score (nSPS) is 20.4. The molecule has 2 aromatic rings. The smallest absolute Gasteiger partial charge is 0.338 e. The fraction of sp³-hybridized carbons (Fsp3) is 0.333. The Kier molecular flexibility index (Phi) is 7.68. The highest BCUT2D eigenvalue weighted by molar-refractivity contribution is 5.95. The van der Waals surface area contributed by atoms with E-state index >= 15 is 0 Å². The maximum absolute atomic E-state index is 12.9. The Bertz CT molecular complexity index is 1160. The van der Waals surface area contributed by atoms with Gasteiger partial charge in [-0.25, -0.2) is 9.59 Å². The van der Waals surface area contributed by atoms with E-state index in [0.29, 0.717) is 5.56 Å². The third kappa shape index (κ3) is 5.40. The lowest BCUT2D eigenvalue weighted by Crippen LogP contribution is -2.47. The monoisotopic (exact) mass is 491 g/mol. The van der Waals surface area contributed by atoms with E-state index in [1.807, 2.05) is 43.3 Å². The summed E-state index contributed by atoms with van der Waals surface area (Å²) in [6.07, 6.45) is 0.0420. The summed E-state index contributed by atoms with van der Waals surface area (Å²) in [6.45, 7) is 3.65. The number of ether oxygens (including phenoxy) is 2. The molecule has 9 nitrogen and oxygen atoms in total. The molecule has 2 heterocycles. The first-order valence-electron chi connectivity index (χ1n) is 11.9. The van der Waals surface area contributed by atoms with Crippen molar-refractivity contribution in [1.29, 1.82) is 0 Å². The molecule has 2 aromatic carbocycles. The van der Waals surface area contributed by atoms with E-state index in [0.717, 1.165) is 5.56 Å². The van der Waals surface area contributed by atoms with Crippen LogP contribution in [0.3, 0.4) is 0 Å². The Morgan fingerprint density at radius 1 is 1.03 bits per heavy atom. The molecular formula is C27H29N3O6. The molecule has 0 aliphatic carbocycles. The molecule has 3 unspecified atom stereocenters. The molecule has 0 radical (unpaired) electrons. The van der Waals surface area contributed by atoms with Crippen molar-refractivity contribution in [2.75, 3.05) is 19.8 Å². The maximum atomic E-state index is 12.9. The summed E-state index contributed by atoms with van der Waals surface area (Å²) in [5, 5.41) is 5.32. The minimum atomic E-state index is -0.761. The molecule has 0 aromatic heterocycles. The number of esters is 2. The van der Waals surface area contributed by atoms with Crippen LogP contribution >= 0.6 is 0 Å². The number of urea groups is 1. The van der Waals surface area contributed by atoms with Crippen LogP contribution in [0.4, 0.5) is 4.79 Å². The molecule has 0 saturated carbocycles. The van der Waals surface area contributed by atoms with E-state index in [9.17, 15) is 19.2 Å². The third-order valence-corrected chi connectivity index (χ3v) is 6.38. The molecule has 2 N–H and O–H groups in total. The number of carbonyl (C=O) groups excluding carboxylic acids is 4. The van der Waals surface area contributed by atoms with Gasteiger partial charge in [0.05, 0.1) is 35.9 Å². The van der Waals surface area contributed by atoms with Crippen LogP contribution in [0.5, 0.6) is 0 Å². The molecule has 36 heavy (non-hydrogen) atoms. The summed E-state index contributed by atoms with van der Waals surface area (Å²) < 4.78 is 10.7. The lowest BCUT2D eigenvalue weighted by atomic mass is 9.95. The third-order valence-electron chi connectivity index (χ3n) is 6.38. The van der Waals surface area contributed by atoms with Crippen molar-refractivity contribution in [3.05, 3.63) is 83.1 Å². The average Bonchev–Trinajstić information content (AvgIpc) is 3.29. The Hall–Kier alpha value is -4.14. The highest BCUT2D eigenvalue weighted by Crippen LogP contribution is 2.30. The van der Waals surface area contributed by atoms with E-state index in [2.05, 4.69) is 10.6 Å². The van der Waals surface area contributed by atoms with Gasteiger partial charge >= 0.3 is 18.0 Å². The summed E-state index contributed by atoms with van der Waals surface area (Å²) in [6, 6.07) is 17.1. The van der Waals surface area contributed by atoms with Crippen LogP contribution in [0.15, 0.2) is 71.9 Å².